The van der Waals surface area contributed by atoms with Gasteiger partial charge in [0, 0.05) is 6.42 Å². The van der Waals surface area contributed by atoms with Crippen LogP contribution in [-0.2, 0) is 4.74 Å². The first-order valence-electron chi connectivity index (χ1n) is 7.21. The van der Waals surface area contributed by atoms with Crippen molar-refractivity contribution in [1.29, 1.82) is 0 Å². The smallest absolute Gasteiger partial charge is 0.320 e. The molecule has 0 amide bonds. The minimum absolute atomic E-state index is 0.151. The zero-order valence-electron chi connectivity index (χ0n) is 12.2. The highest BCUT2D eigenvalue weighted by atomic mass is 16.5. The number of rotatable bonds is 5. The van der Waals surface area contributed by atoms with Gasteiger partial charge >= 0.3 is 6.01 Å². The van der Waals surface area contributed by atoms with Gasteiger partial charge in [-0.3, -0.25) is 4.57 Å². The molecule has 0 unspecified atom stereocenters. The van der Waals surface area contributed by atoms with Gasteiger partial charge in [0.15, 0.2) is 23.2 Å². The average Bonchev–Trinajstić information content (AvgIpc) is 3.08. The number of anilines is 1. The fraction of sp³-hybridized carbons (Fsp3) is 0.615. The van der Waals surface area contributed by atoms with Gasteiger partial charge in [-0.25, -0.2) is 4.98 Å². The average molecular weight is 309 g/mol. The lowest BCUT2D eigenvalue weighted by molar-refractivity contribution is -0.0487. The zero-order chi connectivity index (χ0) is 15.7. The molecule has 3 rings (SSSR count). The monoisotopic (exact) mass is 309 g/mol. The van der Waals surface area contributed by atoms with E-state index in [0.29, 0.717) is 24.2 Å². The van der Waals surface area contributed by atoms with Crippen LogP contribution in [0, 0.1) is 0 Å². The lowest BCUT2D eigenvalue weighted by Crippen LogP contribution is -2.19. The van der Waals surface area contributed by atoms with Crippen molar-refractivity contribution in [2.75, 3.05) is 18.9 Å². The molecule has 1 aliphatic heterocycles. The summed E-state index contributed by atoms with van der Waals surface area (Å²) in [4.78, 5) is 12.5. The van der Waals surface area contributed by atoms with Crippen LogP contribution in [0.25, 0.3) is 11.2 Å². The standard InChI is InChI=1S/C13H19N5O4/c1-2-3-21-13-16-10(14)9-11(17-13)18(6-15-9)12-8(20)4-7(5-19)22-12/h6-8,12,19-20H,2-5H2,1H3,(H2,14,16,17)/t7-,8+,12-/m0/s1. The predicted molar refractivity (Wildman–Crippen MR) is 77.1 cm³/mol. The summed E-state index contributed by atoms with van der Waals surface area (Å²) in [6.45, 7) is 2.31. The van der Waals surface area contributed by atoms with Crippen molar-refractivity contribution in [3.8, 4) is 6.01 Å². The van der Waals surface area contributed by atoms with Crippen LogP contribution in [0.1, 0.15) is 26.0 Å². The summed E-state index contributed by atoms with van der Waals surface area (Å²) < 4.78 is 12.6. The van der Waals surface area contributed by atoms with Crippen molar-refractivity contribution in [3.63, 3.8) is 0 Å². The molecule has 1 fully saturated rings. The van der Waals surface area contributed by atoms with Crippen molar-refractivity contribution in [2.45, 2.75) is 38.2 Å². The molecule has 22 heavy (non-hydrogen) atoms. The van der Waals surface area contributed by atoms with Crippen LogP contribution in [0.15, 0.2) is 6.33 Å². The van der Waals surface area contributed by atoms with Crippen molar-refractivity contribution < 1.29 is 19.7 Å². The summed E-state index contributed by atoms with van der Waals surface area (Å²) in [7, 11) is 0. The van der Waals surface area contributed by atoms with Gasteiger partial charge in [-0.15, -0.1) is 0 Å². The van der Waals surface area contributed by atoms with E-state index in [4.69, 9.17) is 15.2 Å². The lowest BCUT2D eigenvalue weighted by Gasteiger charge is -2.16. The second kappa shape index (κ2) is 6.03. The molecule has 2 aromatic heterocycles. The number of imidazole rings is 1. The third-order valence-electron chi connectivity index (χ3n) is 3.51. The number of ether oxygens (including phenoxy) is 2. The van der Waals surface area contributed by atoms with Crippen LogP contribution >= 0.6 is 0 Å². The highest BCUT2D eigenvalue weighted by molar-refractivity contribution is 5.82. The van der Waals surface area contributed by atoms with E-state index >= 15 is 0 Å². The largest absolute Gasteiger partial charge is 0.463 e. The van der Waals surface area contributed by atoms with Crippen LogP contribution in [-0.4, -0.2) is 55.2 Å². The number of nitrogens with two attached hydrogens (primary N) is 1. The summed E-state index contributed by atoms with van der Waals surface area (Å²) in [5.41, 5.74) is 6.73. The second-order valence-electron chi connectivity index (χ2n) is 5.20. The van der Waals surface area contributed by atoms with E-state index < -0.39 is 18.4 Å². The number of aliphatic hydroxyl groups is 2. The van der Waals surface area contributed by atoms with Gasteiger partial charge in [0.2, 0.25) is 0 Å². The molecule has 4 N–H and O–H groups in total. The molecule has 0 saturated carbocycles. The number of nitrogen functional groups attached to an aromatic ring is 1. The Morgan fingerprint density at radius 3 is 3.00 bits per heavy atom. The first kappa shape index (κ1) is 14.9. The van der Waals surface area contributed by atoms with Crippen LogP contribution in [0.3, 0.4) is 0 Å². The van der Waals surface area contributed by atoms with Crippen molar-refractivity contribution >= 4 is 17.0 Å². The fourth-order valence-corrected chi connectivity index (χ4v) is 2.46. The van der Waals surface area contributed by atoms with E-state index in [2.05, 4.69) is 15.0 Å². The molecule has 0 aromatic carbocycles. The number of aromatic nitrogens is 4. The van der Waals surface area contributed by atoms with E-state index in [0.717, 1.165) is 6.42 Å². The van der Waals surface area contributed by atoms with E-state index in [1.807, 2.05) is 6.92 Å². The molecule has 0 aliphatic carbocycles. The quantitative estimate of drug-likeness (QED) is 0.695. The second-order valence-corrected chi connectivity index (χ2v) is 5.20. The van der Waals surface area contributed by atoms with Crippen molar-refractivity contribution in [2.24, 2.45) is 0 Å². The Morgan fingerprint density at radius 1 is 1.50 bits per heavy atom. The highest BCUT2D eigenvalue weighted by Crippen LogP contribution is 2.31. The molecule has 0 radical (unpaired) electrons. The third kappa shape index (κ3) is 2.58. The lowest BCUT2D eigenvalue weighted by atomic mass is 10.2. The normalized spacial score (nSPS) is 25.0. The summed E-state index contributed by atoms with van der Waals surface area (Å²) in [5.74, 6) is 0.209. The summed E-state index contributed by atoms with van der Waals surface area (Å²) in [6.07, 6.45) is 0.824. The Morgan fingerprint density at radius 2 is 2.32 bits per heavy atom. The SMILES string of the molecule is CCCOc1nc(N)c2ncn([C@H]3O[C@H](CO)C[C@H]3O)c2n1. The number of hydrogen-bond donors (Lipinski definition) is 3. The fourth-order valence-electron chi connectivity index (χ4n) is 2.46. The molecule has 9 heteroatoms. The number of fused-ring (bicyclic) bond motifs is 1. The number of nitrogens with zero attached hydrogens (tertiary/aromatic N) is 4. The van der Waals surface area contributed by atoms with Gasteiger partial charge in [0.25, 0.3) is 0 Å². The Bertz CT molecular complexity index is 661. The summed E-state index contributed by atoms with van der Waals surface area (Å²) >= 11 is 0. The van der Waals surface area contributed by atoms with Crippen LogP contribution < -0.4 is 10.5 Å². The Hall–Kier alpha value is -1.97. The molecule has 9 nitrogen and oxygen atoms in total. The minimum atomic E-state index is -0.759. The Balaban J connectivity index is 1.98. The van der Waals surface area contributed by atoms with E-state index in [1.165, 1.54) is 6.33 Å². The molecule has 1 saturated heterocycles. The Kier molecular flexibility index (Phi) is 4.10. The van der Waals surface area contributed by atoms with E-state index in [9.17, 15) is 10.2 Å². The van der Waals surface area contributed by atoms with Gasteiger partial charge in [-0.05, 0) is 6.42 Å². The number of hydrogen-bond acceptors (Lipinski definition) is 8. The summed E-state index contributed by atoms with van der Waals surface area (Å²) in [5, 5.41) is 19.3. The van der Waals surface area contributed by atoms with E-state index in [-0.39, 0.29) is 18.4 Å². The first-order valence-corrected chi connectivity index (χ1v) is 7.21. The van der Waals surface area contributed by atoms with Crippen LogP contribution in [0.5, 0.6) is 6.01 Å². The molecule has 120 valence electrons. The molecule has 1 aliphatic rings. The molecule has 3 heterocycles. The maximum atomic E-state index is 10.1. The van der Waals surface area contributed by atoms with Gasteiger partial charge in [-0.1, -0.05) is 6.92 Å². The highest BCUT2D eigenvalue weighted by Gasteiger charge is 2.36. The first-order chi connectivity index (χ1) is 10.6. The molecule has 3 atom stereocenters. The third-order valence-corrected chi connectivity index (χ3v) is 3.51. The van der Waals surface area contributed by atoms with Crippen LogP contribution in [0.4, 0.5) is 5.82 Å². The minimum Gasteiger partial charge on any atom is -0.463 e. The van der Waals surface area contributed by atoms with Gasteiger partial charge in [0.05, 0.1) is 25.6 Å². The molecule has 0 bridgehead atoms. The topological polar surface area (TPSA) is 129 Å². The summed E-state index contributed by atoms with van der Waals surface area (Å²) in [6, 6.07) is 0.166. The van der Waals surface area contributed by atoms with E-state index in [1.54, 1.807) is 4.57 Å². The Labute approximate surface area is 126 Å². The van der Waals surface area contributed by atoms with Crippen LogP contribution in [0.2, 0.25) is 0 Å². The van der Waals surface area contributed by atoms with Crippen molar-refractivity contribution in [3.05, 3.63) is 6.33 Å². The molecular weight excluding hydrogens is 290 g/mol. The maximum Gasteiger partial charge on any atom is 0.320 e. The van der Waals surface area contributed by atoms with Crippen molar-refractivity contribution in [1.82, 2.24) is 19.5 Å². The van der Waals surface area contributed by atoms with Gasteiger partial charge in [0.1, 0.15) is 6.10 Å². The van der Waals surface area contributed by atoms with Gasteiger partial charge < -0.3 is 25.4 Å². The maximum absolute atomic E-state index is 10.1. The van der Waals surface area contributed by atoms with Gasteiger partial charge in [-0.2, -0.15) is 9.97 Å². The molecule has 0 spiro atoms. The number of aliphatic hydroxyl groups excluding tert-OH is 2. The predicted octanol–water partition coefficient (Wildman–Crippen LogP) is -0.162. The molecular formula is C13H19N5O4. The molecule has 2 aromatic rings. The zero-order valence-corrected chi connectivity index (χ0v) is 12.2.